The number of benzene rings is 1. The van der Waals surface area contributed by atoms with Crippen LogP contribution in [0.5, 0.6) is 0 Å². The van der Waals surface area contributed by atoms with Gasteiger partial charge in [0.15, 0.2) is 0 Å². The van der Waals surface area contributed by atoms with Crippen LogP contribution in [0.4, 0.5) is 4.39 Å². The molecule has 1 aromatic heterocycles. The molecule has 5 nitrogen and oxygen atoms in total. The fraction of sp³-hybridized carbons (Fsp3) is 0. The highest BCUT2D eigenvalue weighted by Crippen LogP contribution is 2.36. The lowest BCUT2D eigenvalue weighted by Crippen LogP contribution is -2.09. The van der Waals surface area contributed by atoms with E-state index in [0.717, 1.165) is 30.3 Å². The minimum Gasteiger partial charge on any atom is -0.224 e. The van der Waals surface area contributed by atoms with Gasteiger partial charge in [0.1, 0.15) is 14.2 Å². The molecule has 0 aliphatic heterocycles. The molecule has 0 spiro atoms. The molecular weight excluding hydrogens is 393 g/mol. The topological polar surface area (TPSA) is 94.3 Å². The van der Waals surface area contributed by atoms with Gasteiger partial charge in [0.25, 0.3) is 0 Å². The van der Waals surface area contributed by atoms with E-state index in [1.54, 1.807) is 0 Å². The number of halogens is 2. The molecule has 1 heterocycles. The highest BCUT2D eigenvalue weighted by atomic mass is 79.9. The Morgan fingerprint density at radius 1 is 1.10 bits per heavy atom. The number of sulfone groups is 1. The van der Waals surface area contributed by atoms with Crippen molar-refractivity contribution in [2.75, 3.05) is 0 Å². The van der Waals surface area contributed by atoms with Gasteiger partial charge in [0, 0.05) is 4.47 Å². The smallest absolute Gasteiger partial charge is 0.224 e. The molecule has 0 saturated carbocycles. The minimum absolute atomic E-state index is 0.0934. The van der Waals surface area contributed by atoms with Gasteiger partial charge in [0.2, 0.25) is 19.9 Å². The summed E-state index contributed by atoms with van der Waals surface area (Å²) in [4.78, 5) is -0.137. The van der Waals surface area contributed by atoms with Crippen LogP contribution in [0.1, 0.15) is 0 Å². The average molecular weight is 400 g/mol. The average Bonchev–Trinajstić information content (AvgIpc) is 2.72. The second kappa shape index (κ2) is 5.19. The van der Waals surface area contributed by atoms with E-state index in [2.05, 4.69) is 15.9 Å². The van der Waals surface area contributed by atoms with Crippen molar-refractivity contribution in [3.63, 3.8) is 0 Å². The summed E-state index contributed by atoms with van der Waals surface area (Å²) in [7, 11) is -7.93. The first-order chi connectivity index (χ1) is 9.12. The van der Waals surface area contributed by atoms with Gasteiger partial charge in [-0.15, -0.1) is 11.3 Å². The van der Waals surface area contributed by atoms with E-state index in [4.69, 9.17) is 5.14 Å². The summed E-state index contributed by atoms with van der Waals surface area (Å²) in [5.74, 6) is -0.570. The first kappa shape index (κ1) is 15.6. The van der Waals surface area contributed by atoms with E-state index < -0.39 is 25.7 Å². The van der Waals surface area contributed by atoms with Crippen molar-refractivity contribution in [3.8, 4) is 0 Å². The predicted octanol–water partition coefficient (Wildman–Crippen LogP) is 2.13. The Hall–Kier alpha value is -0.810. The van der Waals surface area contributed by atoms with Gasteiger partial charge in [0.05, 0.1) is 4.90 Å². The van der Waals surface area contributed by atoms with Crippen LogP contribution in [-0.4, -0.2) is 16.8 Å². The fourth-order valence-electron chi connectivity index (χ4n) is 1.38. The lowest BCUT2D eigenvalue weighted by Gasteiger charge is -2.02. The summed E-state index contributed by atoms with van der Waals surface area (Å²) >= 11 is 3.53. The Bertz CT molecular complexity index is 856. The molecule has 10 heteroatoms. The number of hydrogen-bond donors (Lipinski definition) is 1. The summed E-state index contributed by atoms with van der Waals surface area (Å²) < 4.78 is 59.6. The van der Waals surface area contributed by atoms with E-state index in [9.17, 15) is 21.2 Å². The number of hydrogen-bond acceptors (Lipinski definition) is 5. The van der Waals surface area contributed by atoms with Crippen molar-refractivity contribution in [3.05, 3.63) is 40.6 Å². The van der Waals surface area contributed by atoms with Crippen LogP contribution in [-0.2, 0) is 19.9 Å². The number of primary sulfonamides is 1. The Labute approximate surface area is 127 Å². The van der Waals surface area contributed by atoms with Crippen LogP contribution in [0.3, 0.4) is 0 Å². The van der Waals surface area contributed by atoms with E-state index in [0.29, 0.717) is 11.3 Å². The van der Waals surface area contributed by atoms with Crippen LogP contribution in [0, 0.1) is 5.82 Å². The van der Waals surface area contributed by atoms with Gasteiger partial charge >= 0.3 is 0 Å². The first-order valence-corrected chi connectivity index (χ1v) is 9.59. The summed E-state index contributed by atoms with van der Waals surface area (Å²) in [6, 6.07) is 5.35. The molecule has 1 aromatic carbocycles. The Morgan fingerprint density at radius 3 is 2.10 bits per heavy atom. The zero-order valence-corrected chi connectivity index (χ0v) is 13.6. The maximum atomic E-state index is 12.8. The number of thiophene rings is 1. The molecule has 0 atom stereocenters. The summed E-state index contributed by atoms with van der Waals surface area (Å²) in [6.45, 7) is 0. The maximum Gasteiger partial charge on any atom is 0.247 e. The molecule has 0 aliphatic carbocycles. The Morgan fingerprint density at radius 2 is 1.65 bits per heavy atom. The zero-order valence-electron chi connectivity index (χ0n) is 9.58. The van der Waals surface area contributed by atoms with E-state index in [1.807, 2.05) is 0 Å². The van der Waals surface area contributed by atoms with Gasteiger partial charge in [-0.3, -0.25) is 0 Å². The molecule has 0 bridgehead atoms. The van der Waals surface area contributed by atoms with Crippen molar-refractivity contribution in [2.24, 2.45) is 5.14 Å². The Kier molecular flexibility index (Phi) is 4.04. The van der Waals surface area contributed by atoms with Crippen molar-refractivity contribution in [2.45, 2.75) is 13.3 Å². The molecule has 0 fully saturated rings. The van der Waals surface area contributed by atoms with Crippen LogP contribution in [0.15, 0.2) is 48.1 Å². The van der Waals surface area contributed by atoms with Crippen LogP contribution in [0.25, 0.3) is 0 Å². The molecule has 2 N–H and O–H groups in total. The third kappa shape index (κ3) is 2.93. The van der Waals surface area contributed by atoms with Crippen LogP contribution in [0.2, 0.25) is 0 Å². The fourth-order valence-corrected chi connectivity index (χ4v) is 6.48. The molecule has 2 aromatic rings. The van der Waals surface area contributed by atoms with Gasteiger partial charge in [-0.25, -0.2) is 26.4 Å². The summed E-state index contributed by atoms with van der Waals surface area (Å²) in [5, 5.41) is 4.96. The lowest BCUT2D eigenvalue weighted by atomic mass is 10.4. The molecule has 0 radical (unpaired) electrons. The second-order valence-electron chi connectivity index (χ2n) is 3.70. The number of nitrogens with two attached hydrogens (primary N) is 1. The third-order valence-electron chi connectivity index (χ3n) is 2.28. The maximum absolute atomic E-state index is 12.8. The number of sulfonamides is 1. The molecular formula is C10H7BrFNO4S3. The molecule has 0 amide bonds. The SMILES string of the molecule is NS(=O)(=O)c1cc(Br)c(S(=O)(=O)c2ccc(F)cc2)s1. The highest BCUT2D eigenvalue weighted by molar-refractivity contribution is 9.10. The van der Waals surface area contributed by atoms with E-state index in [-0.39, 0.29) is 17.8 Å². The van der Waals surface area contributed by atoms with Gasteiger partial charge in [-0.1, -0.05) is 0 Å². The summed E-state index contributed by atoms with van der Waals surface area (Å²) in [5.41, 5.74) is 0. The normalized spacial score (nSPS) is 12.6. The van der Waals surface area contributed by atoms with Gasteiger partial charge in [-0.2, -0.15) is 0 Å². The monoisotopic (exact) mass is 399 g/mol. The molecule has 20 heavy (non-hydrogen) atoms. The van der Waals surface area contributed by atoms with Crippen molar-refractivity contribution in [1.82, 2.24) is 0 Å². The van der Waals surface area contributed by atoms with Gasteiger partial charge < -0.3 is 0 Å². The van der Waals surface area contributed by atoms with Crippen LogP contribution < -0.4 is 5.14 Å². The first-order valence-electron chi connectivity index (χ1n) is 4.95. The van der Waals surface area contributed by atoms with E-state index >= 15 is 0 Å². The largest absolute Gasteiger partial charge is 0.247 e. The molecule has 0 aliphatic rings. The molecule has 0 unspecified atom stereocenters. The van der Waals surface area contributed by atoms with Crippen LogP contribution >= 0.6 is 27.3 Å². The predicted molar refractivity (Wildman–Crippen MR) is 75.2 cm³/mol. The molecule has 2 rings (SSSR count). The quantitative estimate of drug-likeness (QED) is 0.799. The minimum atomic E-state index is -3.99. The third-order valence-corrected chi connectivity index (χ3v) is 8.29. The standard InChI is InChI=1S/C10H7BrFNO4S3/c11-8-5-9(20(13,16)17)18-10(8)19(14,15)7-3-1-6(12)2-4-7/h1-5H,(H2,13,16,17). The molecule has 108 valence electrons. The number of rotatable bonds is 3. The van der Waals surface area contributed by atoms with Crippen molar-refractivity contribution >= 4 is 47.1 Å². The lowest BCUT2D eigenvalue weighted by molar-refractivity contribution is 0.595. The summed E-state index contributed by atoms with van der Waals surface area (Å²) in [6.07, 6.45) is 0. The van der Waals surface area contributed by atoms with E-state index in [1.165, 1.54) is 0 Å². The molecule has 0 saturated heterocycles. The van der Waals surface area contributed by atoms with Crippen molar-refractivity contribution < 1.29 is 21.2 Å². The zero-order chi connectivity index (χ0) is 15.1. The van der Waals surface area contributed by atoms with Crippen molar-refractivity contribution in [1.29, 1.82) is 0 Å². The second-order valence-corrected chi connectivity index (χ2v) is 9.54. The van der Waals surface area contributed by atoms with Gasteiger partial charge in [-0.05, 0) is 46.3 Å². The highest BCUT2D eigenvalue weighted by Gasteiger charge is 2.26. The Balaban J connectivity index is 2.61.